The Bertz CT molecular complexity index is 352. The summed E-state index contributed by atoms with van der Waals surface area (Å²) in [5, 5.41) is 8.77. The zero-order chi connectivity index (χ0) is 10.0. The van der Waals surface area contributed by atoms with Crippen LogP contribution >= 0.6 is 12.4 Å². The third kappa shape index (κ3) is 2.29. The summed E-state index contributed by atoms with van der Waals surface area (Å²) >= 11 is 0. The molecule has 0 spiro atoms. The summed E-state index contributed by atoms with van der Waals surface area (Å²) in [5.74, 6) is -0.642. The van der Waals surface area contributed by atoms with Crippen molar-refractivity contribution in [1.29, 1.82) is 0 Å². The summed E-state index contributed by atoms with van der Waals surface area (Å²) in [6, 6.07) is 3.21. The quantitative estimate of drug-likeness (QED) is 0.740. The Morgan fingerprint density at radius 2 is 2.07 bits per heavy atom. The van der Waals surface area contributed by atoms with Crippen LogP contribution in [0.5, 0.6) is 5.75 Å². The van der Waals surface area contributed by atoms with Gasteiger partial charge in [0.25, 0.3) is 0 Å². The molecule has 0 fully saturated rings. The van der Waals surface area contributed by atoms with Crippen LogP contribution in [-0.2, 0) is 0 Å². The molecule has 4 nitrogen and oxygen atoms in total. The summed E-state index contributed by atoms with van der Waals surface area (Å²) in [5.41, 5.74) is 6.61. The van der Waals surface area contributed by atoms with Crippen LogP contribution in [0.4, 0.5) is 5.69 Å². The largest absolute Gasteiger partial charge is 0.495 e. The van der Waals surface area contributed by atoms with Gasteiger partial charge >= 0.3 is 5.97 Å². The molecule has 0 unspecified atom stereocenters. The number of halogens is 1. The fourth-order valence-corrected chi connectivity index (χ4v) is 1.11. The molecule has 78 valence electrons. The molecule has 1 aromatic rings. The highest BCUT2D eigenvalue weighted by atomic mass is 35.5. The SMILES string of the molecule is COc1cc(C)cc(C(=O)O)c1N.Cl. The molecule has 0 bridgehead atoms. The zero-order valence-electron chi connectivity index (χ0n) is 7.90. The molecule has 1 aromatic carbocycles. The number of carboxylic acid groups (broad SMARTS) is 1. The van der Waals surface area contributed by atoms with E-state index in [0.29, 0.717) is 5.75 Å². The molecule has 0 aromatic heterocycles. The number of anilines is 1. The lowest BCUT2D eigenvalue weighted by molar-refractivity contribution is 0.0697. The van der Waals surface area contributed by atoms with E-state index in [0.717, 1.165) is 5.56 Å². The first kappa shape index (κ1) is 12.6. The minimum absolute atomic E-state index is 0. The van der Waals surface area contributed by atoms with Crippen molar-refractivity contribution in [1.82, 2.24) is 0 Å². The van der Waals surface area contributed by atoms with Crippen molar-refractivity contribution in [3.05, 3.63) is 23.3 Å². The number of nitrogen functional groups attached to an aromatic ring is 1. The molecule has 0 saturated carbocycles. The first-order valence-electron chi connectivity index (χ1n) is 3.73. The van der Waals surface area contributed by atoms with E-state index in [1.165, 1.54) is 13.2 Å². The van der Waals surface area contributed by atoms with Crippen LogP contribution in [0.25, 0.3) is 0 Å². The molecule has 0 heterocycles. The van der Waals surface area contributed by atoms with Gasteiger partial charge in [-0.25, -0.2) is 4.79 Å². The van der Waals surface area contributed by atoms with Crippen molar-refractivity contribution in [2.45, 2.75) is 6.92 Å². The molecule has 0 aliphatic heterocycles. The Morgan fingerprint density at radius 3 is 2.50 bits per heavy atom. The van der Waals surface area contributed by atoms with E-state index in [1.807, 2.05) is 0 Å². The van der Waals surface area contributed by atoms with Crippen molar-refractivity contribution in [3.63, 3.8) is 0 Å². The van der Waals surface area contributed by atoms with Gasteiger partial charge in [-0.3, -0.25) is 0 Å². The van der Waals surface area contributed by atoms with Crippen LogP contribution in [0.1, 0.15) is 15.9 Å². The number of hydrogen-bond acceptors (Lipinski definition) is 3. The number of carboxylic acids is 1. The van der Waals surface area contributed by atoms with Gasteiger partial charge in [0.1, 0.15) is 5.75 Å². The molecule has 1 rings (SSSR count). The molecule has 14 heavy (non-hydrogen) atoms. The minimum Gasteiger partial charge on any atom is -0.495 e. The molecule has 0 aliphatic carbocycles. The van der Waals surface area contributed by atoms with Crippen LogP contribution in [0.3, 0.4) is 0 Å². The van der Waals surface area contributed by atoms with Crippen LogP contribution in [-0.4, -0.2) is 18.2 Å². The number of rotatable bonds is 2. The van der Waals surface area contributed by atoms with Crippen LogP contribution in [0, 0.1) is 6.92 Å². The van der Waals surface area contributed by atoms with Gasteiger partial charge in [-0.05, 0) is 24.6 Å². The van der Waals surface area contributed by atoms with Gasteiger partial charge in [0.05, 0.1) is 18.4 Å². The lowest BCUT2D eigenvalue weighted by Gasteiger charge is -2.08. The smallest absolute Gasteiger partial charge is 0.337 e. The Kier molecular flexibility index (Phi) is 4.24. The number of nitrogens with two attached hydrogens (primary N) is 1. The highest BCUT2D eigenvalue weighted by molar-refractivity contribution is 5.95. The second-order valence-electron chi connectivity index (χ2n) is 2.73. The second kappa shape index (κ2) is 4.72. The van der Waals surface area contributed by atoms with Gasteiger partial charge in [-0.15, -0.1) is 12.4 Å². The number of aromatic carboxylic acids is 1. The first-order chi connectivity index (χ1) is 6.06. The molecule has 0 radical (unpaired) electrons. The van der Waals surface area contributed by atoms with Crippen LogP contribution in [0.15, 0.2) is 12.1 Å². The van der Waals surface area contributed by atoms with Gasteiger partial charge in [0, 0.05) is 0 Å². The fraction of sp³-hybridized carbons (Fsp3) is 0.222. The summed E-state index contributed by atoms with van der Waals surface area (Å²) in [6.45, 7) is 1.79. The van der Waals surface area contributed by atoms with E-state index < -0.39 is 5.97 Å². The maximum atomic E-state index is 10.7. The van der Waals surface area contributed by atoms with E-state index in [2.05, 4.69) is 0 Å². The molecule has 0 amide bonds. The maximum Gasteiger partial charge on any atom is 0.337 e. The summed E-state index contributed by atoms with van der Waals surface area (Å²) < 4.78 is 4.93. The Balaban J connectivity index is 0.00000169. The van der Waals surface area contributed by atoms with Crippen molar-refractivity contribution in [2.75, 3.05) is 12.8 Å². The average molecular weight is 218 g/mol. The molecule has 0 atom stereocenters. The molecule has 0 saturated heterocycles. The predicted octanol–water partition coefficient (Wildman–Crippen LogP) is 1.71. The lowest BCUT2D eigenvalue weighted by Crippen LogP contribution is -2.04. The standard InChI is InChI=1S/C9H11NO3.ClH/c1-5-3-6(9(11)12)8(10)7(4-5)13-2;/h3-4H,10H2,1-2H3,(H,11,12);1H. The third-order valence-electron chi connectivity index (χ3n) is 1.74. The lowest BCUT2D eigenvalue weighted by atomic mass is 10.1. The summed E-state index contributed by atoms with van der Waals surface area (Å²) in [7, 11) is 1.46. The Hall–Kier alpha value is -1.42. The number of hydrogen-bond donors (Lipinski definition) is 2. The summed E-state index contributed by atoms with van der Waals surface area (Å²) in [6.07, 6.45) is 0. The van der Waals surface area contributed by atoms with E-state index in [-0.39, 0.29) is 23.7 Å². The van der Waals surface area contributed by atoms with E-state index in [9.17, 15) is 4.79 Å². The number of benzene rings is 1. The highest BCUT2D eigenvalue weighted by Gasteiger charge is 2.12. The zero-order valence-corrected chi connectivity index (χ0v) is 8.72. The van der Waals surface area contributed by atoms with Crippen molar-refractivity contribution >= 4 is 24.1 Å². The fourth-order valence-electron chi connectivity index (χ4n) is 1.11. The number of aryl methyl sites for hydroxylation is 1. The van der Waals surface area contributed by atoms with Crippen LogP contribution in [0.2, 0.25) is 0 Å². The molecule has 5 heteroatoms. The monoisotopic (exact) mass is 217 g/mol. The Morgan fingerprint density at radius 1 is 1.50 bits per heavy atom. The third-order valence-corrected chi connectivity index (χ3v) is 1.74. The Labute approximate surface area is 88.1 Å². The van der Waals surface area contributed by atoms with Gasteiger partial charge in [0.15, 0.2) is 0 Å². The first-order valence-corrected chi connectivity index (χ1v) is 3.73. The van der Waals surface area contributed by atoms with Crippen molar-refractivity contribution < 1.29 is 14.6 Å². The van der Waals surface area contributed by atoms with Gasteiger partial charge in [0.2, 0.25) is 0 Å². The predicted molar refractivity (Wildman–Crippen MR) is 56.4 cm³/mol. The highest BCUT2D eigenvalue weighted by Crippen LogP contribution is 2.26. The van der Waals surface area contributed by atoms with Crippen LogP contribution < -0.4 is 10.5 Å². The van der Waals surface area contributed by atoms with Gasteiger partial charge < -0.3 is 15.6 Å². The van der Waals surface area contributed by atoms with Crippen molar-refractivity contribution in [2.24, 2.45) is 0 Å². The summed E-state index contributed by atoms with van der Waals surface area (Å²) in [4.78, 5) is 10.7. The van der Waals surface area contributed by atoms with E-state index >= 15 is 0 Å². The molecule has 3 N–H and O–H groups in total. The molecular formula is C9H12ClNO3. The van der Waals surface area contributed by atoms with E-state index in [1.54, 1.807) is 13.0 Å². The number of ether oxygens (including phenoxy) is 1. The second-order valence-corrected chi connectivity index (χ2v) is 2.73. The van der Waals surface area contributed by atoms with Crippen molar-refractivity contribution in [3.8, 4) is 5.75 Å². The molecular weight excluding hydrogens is 206 g/mol. The number of carbonyl (C=O) groups is 1. The van der Waals surface area contributed by atoms with E-state index in [4.69, 9.17) is 15.6 Å². The number of methoxy groups -OCH3 is 1. The minimum atomic E-state index is -1.04. The topological polar surface area (TPSA) is 72.5 Å². The normalized spacial score (nSPS) is 9.00. The van der Waals surface area contributed by atoms with Gasteiger partial charge in [-0.1, -0.05) is 0 Å². The average Bonchev–Trinajstić information content (AvgIpc) is 2.08. The molecule has 0 aliphatic rings. The maximum absolute atomic E-state index is 10.7. The van der Waals surface area contributed by atoms with Gasteiger partial charge in [-0.2, -0.15) is 0 Å².